The van der Waals surface area contributed by atoms with E-state index in [0.29, 0.717) is 24.5 Å². The Morgan fingerprint density at radius 2 is 1.68 bits per heavy atom. The van der Waals surface area contributed by atoms with Crippen molar-refractivity contribution in [3.8, 4) is 17.2 Å². The lowest BCUT2D eigenvalue weighted by Gasteiger charge is -2.37. The van der Waals surface area contributed by atoms with Gasteiger partial charge in [-0.25, -0.2) is 13.1 Å². The van der Waals surface area contributed by atoms with Gasteiger partial charge in [-0.15, -0.1) is 0 Å². The molecule has 7 nitrogen and oxygen atoms in total. The maximum atomic E-state index is 13.6. The molecule has 4 rings (SSSR count). The third-order valence-electron chi connectivity index (χ3n) is 7.54. The van der Waals surface area contributed by atoms with Crippen molar-refractivity contribution < 1.29 is 31.5 Å². The fraction of sp³-hybridized carbons (Fsp3) is 0.333. The van der Waals surface area contributed by atoms with E-state index in [9.17, 15) is 31.5 Å². The summed E-state index contributed by atoms with van der Waals surface area (Å²) in [5.74, 6) is -1.22. The zero-order valence-corrected chi connectivity index (χ0v) is 23.1. The Kier molecular flexibility index (Phi) is 8.87. The van der Waals surface area contributed by atoms with Crippen LogP contribution in [-0.2, 0) is 27.4 Å². The van der Waals surface area contributed by atoms with Crippen molar-refractivity contribution in [2.24, 2.45) is 5.92 Å². The number of aliphatic hydroxyl groups is 1. The Hall–Kier alpha value is -3.72. The Bertz CT molecular complexity index is 1560. The molecule has 1 amide bonds. The summed E-state index contributed by atoms with van der Waals surface area (Å²) in [5.41, 5.74) is -1.70. The zero-order valence-electron chi connectivity index (χ0n) is 22.3. The van der Waals surface area contributed by atoms with Gasteiger partial charge in [0.2, 0.25) is 10.0 Å². The maximum absolute atomic E-state index is 13.6. The van der Waals surface area contributed by atoms with E-state index in [-0.39, 0.29) is 17.0 Å². The molecule has 1 atom stereocenters. The Labute approximate surface area is 237 Å². The Morgan fingerprint density at radius 3 is 2.29 bits per heavy atom. The molecule has 0 saturated heterocycles. The molecule has 41 heavy (non-hydrogen) atoms. The molecule has 0 bridgehead atoms. The molecule has 1 aliphatic carbocycles. The summed E-state index contributed by atoms with van der Waals surface area (Å²) in [6, 6.07) is 17.8. The summed E-state index contributed by atoms with van der Waals surface area (Å²) in [6.07, 6.45) is -1.09. The van der Waals surface area contributed by atoms with Gasteiger partial charge in [0.1, 0.15) is 5.60 Å². The fourth-order valence-corrected chi connectivity index (χ4v) is 6.03. The smallest absolute Gasteiger partial charge is 0.379 e. The number of sulfonamides is 1. The molecule has 0 radical (unpaired) electrons. The molecule has 3 aromatic rings. The van der Waals surface area contributed by atoms with Crippen LogP contribution in [0.5, 0.6) is 0 Å². The molecular formula is C30H30F3N3O4S. The van der Waals surface area contributed by atoms with Crippen molar-refractivity contribution in [3.63, 3.8) is 0 Å². The molecule has 3 N–H and O–H groups in total. The average molecular weight is 586 g/mol. The van der Waals surface area contributed by atoms with Gasteiger partial charge in [0.15, 0.2) is 0 Å². The SMILES string of the molecule is CNS(=O)(=O)c1ccc(-c2cccc(CC(O)(C(=O)Nc3ccc(C#N)c(C(F)(F)F)c3)C3CCCCC3)c2)cc1. The van der Waals surface area contributed by atoms with E-state index in [2.05, 4.69) is 10.0 Å². The number of halogens is 3. The van der Waals surface area contributed by atoms with Crippen LogP contribution >= 0.6 is 0 Å². The highest BCUT2D eigenvalue weighted by Gasteiger charge is 2.44. The van der Waals surface area contributed by atoms with Crippen LogP contribution in [0.15, 0.2) is 71.6 Å². The first-order valence-corrected chi connectivity index (χ1v) is 14.6. The standard InChI is InChI=1S/C30H30F3N3O4S/c1-35-41(39,40)26-14-11-21(12-15-26)22-7-5-6-20(16-22)18-29(38,24-8-3-2-4-9-24)28(37)36-25-13-10-23(19-34)27(17-25)30(31,32)33/h5-7,10-17,24,35,38H,2-4,8-9,18H2,1H3,(H,36,37). The third-order valence-corrected chi connectivity index (χ3v) is 8.97. The average Bonchev–Trinajstić information content (AvgIpc) is 2.97. The molecule has 216 valence electrons. The number of amides is 1. The predicted octanol–water partition coefficient (Wildman–Crippen LogP) is 5.64. The molecule has 0 spiro atoms. The number of nitriles is 1. The first-order chi connectivity index (χ1) is 19.4. The number of hydrogen-bond donors (Lipinski definition) is 3. The van der Waals surface area contributed by atoms with E-state index in [0.717, 1.165) is 36.5 Å². The van der Waals surface area contributed by atoms with Gasteiger partial charge in [-0.3, -0.25) is 4.79 Å². The molecule has 1 unspecified atom stereocenters. The van der Waals surface area contributed by atoms with Crippen molar-refractivity contribution in [2.75, 3.05) is 12.4 Å². The minimum atomic E-state index is -4.79. The van der Waals surface area contributed by atoms with Crippen LogP contribution in [0.25, 0.3) is 11.1 Å². The minimum absolute atomic E-state index is 0.0774. The molecule has 1 fully saturated rings. The molecule has 3 aromatic carbocycles. The van der Waals surface area contributed by atoms with Crippen molar-refractivity contribution in [1.82, 2.24) is 4.72 Å². The first-order valence-electron chi connectivity index (χ1n) is 13.2. The summed E-state index contributed by atoms with van der Waals surface area (Å²) in [7, 11) is -2.27. The van der Waals surface area contributed by atoms with Gasteiger partial charge in [0.05, 0.1) is 22.1 Å². The van der Waals surface area contributed by atoms with Crippen LogP contribution in [0.1, 0.15) is 48.8 Å². The van der Waals surface area contributed by atoms with E-state index in [1.807, 2.05) is 6.07 Å². The number of nitrogens with one attached hydrogen (secondary N) is 2. The number of nitrogens with zero attached hydrogens (tertiary/aromatic N) is 1. The summed E-state index contributed by atoms with van der Waals surface area (Å²) in [4.78, 5) is 13.7. The lowest BCUT2D eigenvalue weighted by Crippen LogP contribution is -2.51. The third kappa shape index (κ3) is 6.78. The summed E-state index contributed by atoms with van der Waals surface area (Å²) < 4.78 is 66.9. The van der Waals surface area contributed by atoms with Crippen molar-refractivity contribution >= 4 is 21.6 Å². The Balaban J connectivity index is 1.64. The minimum Gasteiger partial charge on any atom is -0.379 e. The molecule has 1 saturated carbocycles. The summed E-state index contributed by atoms with van der Waals surface area (Å²) in [6.45, 7) is 0. The lowest BCUT2D eigenvalue weighted by atomic mass is 9.73. The second-order valence-electron chi connectivity index (χ2n) is 10.2. The van der Waals surface area contributed by atoms with Crippen LogP contribution in [-0.4, -0.2) is 32.1 Å². The molecule has 0 aromatic heterocycles. The van der Waals surface area contributed by atoms with Crippen LogP contribution in [0.4, 0.5) is 18.9 Å². The van der Waals surface area contributed by atoms with Crippen LogP contribution in [0.3, 0.4) is 0 Å². The van der Waals surface area contributed by atoms with Crippen molar-refractivity contribution in [2.45, 2.75) is 55.2 Å². The first kappa shape index (κ1) is 30.2. The number of benzene rings is 3. The van der Waals surface area contributed by atoms with E-state index in [1.54, 1.807) is 30.3 Å². The van der Waals surface area contributed by atoms with Gasteiger partial charge >= 0.3 is 6.18 Å². The van der Waals surface area contributed by atoms with Gasteiger partial charge in [-0.2, -0.15) is 18.4 Å². The van der Waals surface area contributed by atoms with Gasteiger partial charge in [0, 0.05) is 12.1 Å². The largest absolute Gasteiger partial charge is 0.417 e. The highest BCUT2D eigenvalue weighted by molar-refractivity contribution is 7.89. The van der Waals surface area contributed by atoms with Gasteiger partial charge < -0.3 is 10.4 Å². The molecule has 11 heteroatoms. The van der Waals surface area contributed by atoms with E-state index < -0.39 is 44.8 Å². The highest BCUT2D eigenvalue weighted by Crippen LogP contribution is 2.38. The van der Waals surface area contributed by atoms with Crippen LogP contribution in [0, 0.1) is 17.2 Å². The highest BCUT2D eigenvalue weighted by atomic mass is 32.2. The fourth-order valence-electron chi connectivity index (χ4n) is 5.30. The van der Waals surface area contributed by atoms with E-state index >= 15 is 0 Å². The number of alkyl halides is 3. The van der Waals surface area contributed by atoms with Crippen LogP contribution < -0.4 is 10.0 Å². The van der Waals surface area contributed by atoms with E-state index in [4.69, 9.17) is 5.26 Å². The van der Waals surface area contributed by atoms with Gasteiger partial charge in [-0.1, -0.05) is 55.7 Å². The number of carbonyl (C=O) groups is 1. The topological polar surface area (TPSA) is 119 Å². The number of hydrogen-bond acceptors (Lipinski definition) is 5. The molecular weight excluding hydrogens is 555 g/mol. The van der Waals surface area contributed by atoms with Gasteiger partial charge in [0.25, 0.3) is 5.91 Å². The molecule has 0 heterocycles. The molecule has 0 aliphatic heterocycles. The molecule has 1 aliphatic rings. The lowest BCUT2D eigenvalue weighted by molar-refractivity contribution is -0.142. The normalized spacial score (nSPS) is 16.0. The maximum Gasteiger partial charge on any atom is 0.417 e. The zero-order chi connectivity index (χ0) is 29.8. The number of anilines is 1. The van der Waals surface area contributed by atoms with Crippen molar-refractivity contribution in [3.05, 3.63) is 83.4 Å². The monoisotopic (exact) mass is 585 g/mol. The second-order valence-corrected chi connectivity index (χ2v) is 12.1. The number of rotatable bonds is 8. The Morgan fingerprint density at radius 1 is 1.00 bits per heavy atom. The summed E-state index contributed by atoms with van der Waals surface area (Å²) >= 11 is 0. The van der Waals surface area contributed by atoms with Crippen LogP contribution in [0.2, 0.25) is 0 Å². The number of carbonyl (C=O) groups excluding carboxylic acids is 1. The predicted molar refractivity (Wildman–Crippen MR) is 148 cm³/mol. The second kappa shape index (κ2) is 12.0. The van der Waals surface area contributed by atoms with Crippen molar-refractivity contribution in [1.29, 1.82) is 5.26 Å². The quantitative estimate of drug-likeness (QED) is 0.316. The summed E-state index contributed by atoms with van der Waals surface area (Å²) in [5, 5.41) is 23.5. The van der Waals surface area contributed by atoms with E-state index in [1.165, 1.54) is 31.3 Å². The van der Waals surface area contributed by atoms with Gasteiger partial charge in [-0.05, 0) is 72.8 Å².